The van der Waals surface area contributed by atoms with E-state index in [0.717, 1.165) is 42.8 Å². The van der Waals surface area contributed by atoms with Crippen LogP contribution in [0.4, 0.5) is 10.3 Å². The molecule has 1 N–H and O–H groups in total. The number of aromatic nitrogens is 4. The van der Waals surface area contributed by atoms with E-state index in [4.69, 9.17) is 4.74 Å². The first-order valence-electron chi connectivity index (χ1n) is 11.0. The smallest absolute Gasteiger partial charge is 0.275 e. The lowest BCUT2D eigenvalue weighted by molar-refractivity contribution is -0.117. The largest absolute Gasteiger partial charge is 0.473 e. The van der Waals surface area contributed by atoms with Crippen molar-refractivity contribution in [2.75, 3.05) is 5.32 Å². The molecule has 1 spiro atoms. The molecule has 2 aromatic heterocycles. The number of rotatable bonds is 6. The molecule has 0 radical (unpaired) electrons. The average molecular weight is 435 g/mol. The van der Waals surface area contributed by atoms with Crippen LogP contribution < -0.4 is 15.6 Å². The van der Waals surface area contributed by atoms with Gasteiger partial charge < -0.3 is 4.74 Å². The molecule has 3 fully saturated rings. The molecule has 0 unspecified atom stereocenters. The van der Waals surface area contributed by atoms with Gasteiger partial charge in [0.1, 0.15) is 12.6 Å². The first kappa shape index (κ1) is 19.3. The van der Waals surface area contributed by atoms with Gasteiger partial charge in [-0.05, 0) is 67.6 Å². The Labute approximate surface area is 182 Å². The summed E-state index contributed by atoms with van der Waals surface area (Å²) >= 11 is 0. The number of ether oxygens (including phenoxy) is 1. The van der Waals surface area contributed by atoms with E-state index < -0.39 is 11.7 Å². The van der Waals surface area contributed by atoms with Crippen molar-refractivity contribution >= 4 is 22.6 Å². The van der Waals surface area contributed by atoms with E-state index in [9.17, 15) is 14.0 Å². The monoisotopic (exact) mass is 435 g/mol. The molecule has 0 atom stereocenters. The molecule has 3 saturated carbocycles. The van der Waals surface area contributed by atoms with Crippen molar-refractivity contribution in [3.63, 3.8) is 0 Å². The second-order valence-corrected chi connectivity index (χ2v) is 9.27. The summed E-state index contributed by atoms with van der Waals surface area (Å²) in [7, 11) is 0. The van der Waals surface area contributed by atoms with Gasteiger partial charge >= 0.3 is 0 Å². The molecule has 1 amide bonds. The molecule has 3 aliphatic carbocycles. The molecule has 2 heterocycles. The van der Waals surface area contributed by atoms with E-state index in [2.05, 4.69) is 20.4 Å². The standard InChI is InChI=1S/C23H22FN5O3/c24-15-10-25-22(26-11-15)27-19(30)12-29-21(31)17-4-3-14(13-1-2-13)7-18(17)20(28-29)32-16-8-23(9-16)5-6-23/h3-4,7,10-11,13,16H,1-2,5-6,8-9,12H2,(H,25,26,27,30). The number of nitrogens with zero attached hydrogens (tertiary/aromatic N) is 4. The highest BCUT2D eigenvalue weighted by Crippen LogP contribution is 2.61. The van der Waals surface area contributed by atoms with Gasteiger partial charge in [0, 0.05) is 0 Å². The fraction of sp³-hybridized carbons (Fsp3) is 0.435. The van der Waals surface area contributed by atoms with Gasteiger partial charge in [-0.15, -0.1) is 5.10 Å². The second-order valence-electron chi connectivity index (χ2n) is 9.27. The summed E-state index contributed by atoms with van der Waals surface area (Å²) in [5, 5.41) is 8.07. The molecule has 3 aromatic rings. The molecule has 164 valence electrons. The predicted octanol–water partition coefficient (Wildman–Crippen LogP) is 3.16. The summed E-state index contributed by atoms with van der Waals surface area (Å²) in [6.07, 6.45) is 8.86. The van der Waals surface area contributed by atoms with E-state index >= 15 is 0 Å². The highest BCUT2D eigenvalue weighted by atomic mass is 19.1. The van der Waals surface area contributed by atoms with Crippen molar-refractivity contribution in [2.24, 2.45) is 5.41 Å². The van der Waals surface area contributed by atoms with Gasteiger partial charge in [0.2, 0.25) is 17.7 Å². The molecule has 0 saturated heterocycles. The van der Waals surface area contributed by atoms with Crippen molar-refractivity contribution in [1.29, 1.82) is 0 Å². The van der Waals surface area contributed by atoms with Crippen LogP contribution >= 0.6 is 0 Å². The van der Waals surface area contributed by atoms with Crippen LogP contribution in [0.15, 0.2) is 35.4 Å². The van der Waals surface area contributed by atoms with Crippen LogP contribution in [-0.2, 0) is 11.3 Å². The van der Waals surface area contributed by atoms with Crippen LogP contribution in [0.1, 0.15) is 50.0 Å². The Kier molecular flexibility index (Phi) is 4.28. The lowest BCUT2D eigenvalue weighted by Gasteiger charge is -2.35. The van der Waals surface area contributed by atoms with Crippen LogP contribution in [0.25, 0.3) is 10.8 Å². The Bertz CT molecular complexity index is 1270. The molecule has 0 bridgehead atoms. The third-order valence-corrected chi connectivity index (χ3v) is 6.72. The third-order valence-electron chi connectivity index (χ3n) is 6.72. The summed E-state index contributed by atoms with van der Waals surface area (Å²) in [6, 6.07) is 5.80. The quantitative estimate of drug-likeness (QED) is 0.639. The summed E-state index contributed by atoms with van der Waals surface area (Å²) < 4.78 is 20.3. The van der Waals surface area contributed by atoms with Gasteiger partial charge in [-0.2, -0.15) is 0 Å². The summed E-state index contributed by atoms with van der Waals surface area (Å²) in [5.41, 5.74) is 1.31. The molecule has 8 nitrogen and oxygen atoms in total. The Morgan fingerprint density at radius 3 is 2.62 bits per heavy atom. The number of carbonyl (C=O) groups is 1. The molecule has 9 heteroatoms. The number of amides is 1. The van der Waals surface area contributed by atoms with Crippen LogP contribution in [-0.4, -0.2) is 31.8 Å². The van der Waals surface area contributed by atoms with Gasteiger partial charge in [0.15, 0.2) is 5.82 Å². The first-order valence-corrected chi connectivity index (χ1v) is 11.0. The second kappa shape index (κ2) is 7.08. The van der Waals surface area contributed by atoms with Crippen LogP contribution in [0.2, 0.25) is 0 Å². The van der Waals surface area contributed by atoms with Gasteiger partial charge in [0.05, 0.1) is 23.2 Å². The van der Waals surface area contributed by atoms with Gasteiger partial charge in [-0.25, -0.2) is 19.0 Å². The summed E-state index contributed by atoms with van der Waals surface area (Å²) in [4.78, 5) is 33.0. The third kappa shape index (κ3) is 3.61. The fourth-order valence-electron chi connectivity index (χ4n) is 4.55. The highest BCUT2D eigenvalue weighted by Gasteiger charge is 2.54. The molecule has 3 aliphatic rings. The maximum Gasteiger partial charge on any atom is 0.275 e. The van der Waals surface area contributed by atoms with Gasteiger partial charge in [0.25, 0.3) is 5.56 Å². The van der Waals surface area contributed by atoms with Crippen molar-refractivity contribution in [3.8, 4) is 5.88 Å². The number of hydrogen-bond donors (Lipinski definition) is 1. The van der Waals surface area contributed by atoms with Crippen LogP contribution in [0.5, 0.6) is 5.88 Å². The zero-order valence-corrected chi connectivity index (χ0v) is 17.4. The minimum atomic E-state index is -0.605. The Balaban J connectivity index is 1.31. The van der Waals surface area contributed by atoms with E-state index in [-0.39, 0.29) is 24.2 Å². The molecule has 32 heavy (non-hydrogen) atoms. The minimum absolute atomic E-state index is 0.0417. The molecule has 0 aliphatic heterocycles. The number of hydrogen-bond acceptors (Lipinski definition) is 6. The Hall–Kier alpha value is -3.36. The summed E-state index contributed by atoms with van der Waals surface area (Å²) in [6.45, 7) is -0.329. The number of nitrogens with one attached hydrogen (secondary N) is 1. The molecule has 1 aromatic carbocycles. The SMILES string of the molecule is O=C(Cn1nc(OC2CC3(CC3)C2)c2cc(C3CC3)ccc2c1=O)Nc1ncc(F)cn1. The normalized spacial score (nSPS) is 19.0. The topological polar surface area (TPSA) is 99.0 Å². The highest BCUT2D eigenvalue weighted by molar-refractivity contribution is 5.90. The van der Waals surface area contributed by atoms with Crippen molar-refractivity contribution in [2.45, 2.75) is 57.1 Å². The fourth-order valence-corrected chi connectivity index (χ4v) is 4.55. The van der Waals surface area contributed by atoms with Gasteiger partial charge in [-0.1, -0.05) is 6.07 Å². The van der Waals surface area contributed by atoms with Crippen LogP contribution in [0.3, 0.4) is 0 Å². The molecular weight excluding hydrogens is 413 g/mol. The number of halogens is 1. The predicted molar refractivity (Wildman–Crippen MR) is 114 cm³/mol. The van der Waals surface area contributed by atoms with E-state index in [1.807, 2.05) is 12.1 Å². The lowest BCUT2D eigenvalue weighted by atomic mass is 9.79. The number of benzene rings is 1. The number of fused-ring (bicyclic) bond motifs is 1. The minimum Gasteiger partial charge on any atom is -0.473 e. The lowest BCUT2D eigenvalue weighted by Crippen LogP contribution is -2.36. The van der Waals surface area contributed by atoms with Gasteiger partial charge in [-0.3, -0.25) is 14.9 Å². The maximum absolute atomic E-state index is 13.1. The van der Waals surface area contributed by atoms with Crippen molar-refractivity contribution < 1.29 is 13.9 Å². The maximum atomic E-state index is 13.1. The number of anilines is 1. The zero-order chi connectivity index (χ0) is 21.9. The number of carbonyl (C=O) groups excluding carboxylic acids is 1. The van der Waals surface area contributed by atoms with Crippen molar-refractivity contribution in [1.82, 2.24) is 19.7 Å². The molecular formula is C23H22FN5O3. The molecule has 6 rings (SSSR count). The average Bonchev–Trinajstić information content (AvgIpc) is 3.66. The van der Waals surface area contributed by atoms with Crippen LogP contribution in [0, 0.1) is 11.2 Å². The van der Waals surface area contributed by atoms with E-state index in [0.29, 0.717) is 28.0 Å². The Morgan fingerprint density at radius 1 is 1.19 bits per heavy atom. The van der Waals surface area contributed by atoms with Crippen molar-refractivity contribution in [3.05, 3.63) is 52.3 Å². The zero-order valence-electron chi connectivity index (χ0n) is 17.4. The summed E-state index contributed by atoms with van der Waals surface area (Å²) in [5.74, 6) is -0.249. The Morgan fingerprint density at radius 2 is 1.94 bits per heavy atom. The first-order chi connectivity index (χ1) is 15.5. The van der Waals surface area contributed by atoms with E-state index in [1.54, 1.807) is 6.07 Å². The van der Waals surface area contributed by atoms with E-state index in [1.165, 1.54) is 18.4 Å².